The van der Waals surface area contributed by atoms with Crippen LogP contribution in [0.3, 0.4) is 0 Å². The Bertz CT molecular complexity index is 635. The van der Waals surface area contributed by atoms with Crippen LogP contribution in [0.25, 0.3) is 11.3 Å². The first kappa shape index (κ1) is 16.7. The van der Waals surface area contributed by atoms with E-state index in [2.05, 4.69) is 54.1 Å². The van der Waals surface area contributed by atoms with Crippen molar-refractivity contribution in [1.29, 1.82) is 0 Å². The minimum Gasteiger partial charge on any atom is -0.356 e. The molecule has 2 aromatic rings. The standard InChI is InChI=1S/C20H28N4/c1-3-4-13-23(2)20-21-18(17-11-7-5-8-12-17)16-19(22-20)24-14-9-6-10-15-24/h5,7-8,11-12,16H,3-4,6,9-10,13-15H2,1-2H3. The molecule has 1 fully saturated rings. The molecule has 1 aromatic carbocycles. The summed E-state index contributed by atoms with van der Waals surface area (Å²) in [6.07, 6.45) is 6.18. The molecule has 3 rings (SSSR count). The number of benzene rings is 1. The van der Waals surface area contributed by atoms with Gasteiger partial charge in [0, 0.05) is 38.3 Å². The average molecular weight is 324 g/mol. The Hall–Kier alpha value is -2.10. The Labute approximate surface area is 145 Å². The van der Waals surface area contributed by atoms with Gasteiger partial charge in [-0.2, -0.15) is 4.98 Å². The van der Waals surface area contributed by atoms with Crippen molar-refractivity contribution < 1.29 is 0 Å². The zero-order chi connectivity index (χ0) is 16.8. The Balaban J connectivity index is 1.95. The third-order valence-corrected chi connectivity index (χ3v) is 4.64. The van der Waals surface area contributed by atoms with Gasteiger partial charge in [0.1, 0.15) is 5.82 Å². The van der Waals surface area contributed by atoms with E-state index >= 15 is 0 Å². The smallest absolute Gasteiger partial charge is 0.227 e. The lowest BCUT2D eigenvalue weighted by atomic mass is 10.1. The van der Waals surface area contributed by atoms with Crippen molar-refractivity contribution >= 4 is 11.8 Å². The van der Waals surface area contributed by atoms with Crippen LogP contribution in [0.2, 0.25) is 0 Å². The highest BCUT2D eigenvalue weighted by Crippen LogP contribution is 2.26. The van der Waals surface area contributed by atoms with Crippen molar-refractivity contribution in [3.05, 3.63) is 36.4 Å². The van der Waals surface area contributed by atoms with Crippen molar-refractivity contribution in [1.82, 2.24) is 9.97 Å². The second-order valence-electron chi connectivity index (χ2n) is 6.60. The van der Waals surface area contributed by atoms with Gasteiger partial charge in [-0.1, -0.05) is 43.7 Å². The maximum Gasteiger partial charge on any atom is 0.227 e. The van der Waals surface area contributed by atoms with Gasteiger partial charge in [0.25, 0.3) is 0 Å². The number of anilines is 2. The Kier molecular flexibility index (Phi) is 5.68. The first-order chi connectivity index (χ1) is 11.8. The van der Waals surface area contributed by atoms with Crippen LogP contribution in [0.15, 0.2) is 36.4 Å². The van der Waals surface area contributed by atoms with E-state index in [4.69, 9.17) is 9.97 Å². The minimum atomic E-state index is 0.838. The molecule has 0 saturated carbocycles. The fraction of sp³-hybridized carbons (Fsp3) is 0.500. The number of unbranched alkanes of at least 4 members (excludes halogenated alkanes) is 1. The highest BCUT2D eigenvalue weighted by Gasteiger charge is 2.16. The summed E-state index contributed by atoms with van der Waals surface area (Å²) < 4.78 is 0. The first-order valence-corrected chi connectivity index (χ1v) is 9.18. The summed E-state index contributed by atoms with van der Waals surface area (Å²) in [7, 11) is 2.10. The molecule has 0 spiro atoms. The van der Waals surface area contributed by atoms with Crippen LogP contribution in [0, 0.1) is 0 Å². The molecule has 0 unspecified atom stereocenters. The van der Waals surface area contributed by atoms with E-state index in [0.717, 1.165) is 49.1 Å². The van der Waals surface area contributed by atoms with Gasteiger partial charge in [0.15, 0.2) is 0 Å². The molecule has 1 aliphatic heterocycles. The van der Waals surface area contributed by atoms with Crippen LogP contribution in [-0.4, -0.2) is 36.6 Å². The topological polar surface area (TPSA) is 32.3 Å². The van der Waals surface area contributed by atoms with Crippen molar-refractivity contribution in [3.8, 4) is 11.3 Å². The molecular formula is C20H28N4. The van der Waals surface area contributed by atoms with Gasteiger partial charge in [0.2, 0.25) is 5.95 Å². The number of nitrogens with zero attached hydrogens (tertiary/aromatic N) is 4. The molecule has 0 atom stereocenters. The lowest BCUT2D eigenvalue weighted by Crippen LogP contribution is -2.31. The van der Waals surface area contributed by atoms with Crippen LogP contribution >= 0.6 is 0 Å². The molecule has 1 aromatic heterocycles. The number of hydrogen-bond donors (Lipinski definition) is 0. The highest BCUT2D eigenvalue weighted by atomic mass is 15.3. The van der Waals surface area contributed by atoms with E-state index in [1.54, 1.807) is 0 Å². The molecule has 0 radical (unpaired) electrons. The van der Waals surface area contributed by atoms with Gasteiger partial charge >= 0.3 is 0 Å². The number of aromatic nitrogens is 2. The fourth-order valence-electron chi connectivity index (χ4n) is 3.13. The summed E-state index contributed by atoms with van der Waals surface area (Å²) >= 11 is 0. The summed E-state index contributed by atoms with van der Waals surface area (Å²) in [6.45, 7) is 5.41. The molecule has 0 aliphatic carbocycles. The summed E-state index contributed by atoms with van der Waals surface area (Å²) in [4.78, 5) is 14.3. The second-order valence-corrected chi connectivity index (χ2v) is 6.60. The van der Waals surface area contributed by atoms with Crippen LogP contribution in [0.1, 0.15) is 39.0 Å². The maximum atomic E-state index is 4.88. The van der Waals surface area contributed by atoms with E-state index < -0.39 is 0 Å². The van der Waals surface area contributed by atoms with Gasteiger partial charge in [-0.05, 0) is 25.7 Å². The lowest BCUT2D eigenvalue weighted by molar-refractivity contribution is 0.573. The second kappa shape index (κ2) is 8.13. The minimum absolute atomic E-state index is 0.838. The highest BCUT2D eigenvalue weighted by molar-refractivity contribution is 5.65. The van der Waals surface area contributed by atoms with E-state index in [9.17, 15) is 0 Å². The number of hydrogen-bond acceptors (Lipinski definition) is 4. The van der Waals surface area contributed by atoms with Crippen LogP contribution in [-0.2, 0) is 0 Å². The summed E-state index contributed by atoms with van der Waals surface area (Å²) in [5.41, 5.74) is 2.17. The molecule has 1 aliphatic rings. The van der Waals surface area contributed by atoms with Gasteiger partial charge in [-0.25, -0.2) is 4.98 Å². The van der Waals surface area contributed by atoms with Gasteiger partial charge in [0.05, 0.1) is 5.69 Å². The molecule has 0 amide bonds. The third kappa shape index (κ3) is 4.05. The molecule has 0 N–H and O–H groups in total. The van der Waals surface area contributed by atoms with Crippen LogP contribution < -0.4 is 9.80 Å². The normalized spacial score (nSPS) is 14.7. The van der Waals surface area contributed by atoms with Crippen molar-refractivity contribution in [2.75, 3.05) is 36.5 Å². The number of rotatable bonds is 6. The molecule has 0 bridgehead atoms. The van der Waals surface area contributed by atoms with E-state index in [1.165, 1.54) is 25.7 Å². The van der Waals surface area contributed by atoms with Gasteiger partial charge in [-0.15, -0.1) is 0 Å². The summed E-state index contributed by atoms with van der Waals surface area (Å²) in [5, 5.41) is 0. The van der Waals surface area contributed by atoms with Crippen molar-refractivity contribution in [2.24, 2.45) is 0 Å². The molecule has 1 saturated heterocycles. The Morgan fingerprint density at radius 3 is 2.50 bits per heavy atom. The molecular weight excluding hydrogens is 296 g/mol. The Morgan fingerprint density at radius 1 is 1.04 bits per heavy atom. The monoisotopic (exact) mass is 324 g/mol. The van der Waals surface area contributed by atoms with Crippen molar-refractivity contribution in [3.63, 3.8) is 0 Å². The molecule has 2 heterocycles. The zero-order valence-corrected chi connectivity index (χ0v) is 14.9. The van der Waals surface area contributed by atoms with E-state index in [0.29, 0.717) is 0 Å². The molecule has 4 heteroatoms. The van der Waals surface area contributed by atoms with E-state index in [1.807, 2.05) is 6.07 Å². The van der Waals surface area contributed by atoms with E-state index in [-0.39, 0.29) is 0 Å². The zero-order valence-electron chi connectivity index (χ0n) is 14.9. The molecule has 4 nitrogen and oxygen atoms in total. The predicted molar refractivity (Wildman–Crippen MR) is 102 cm³/mol. The van der Waals surface area contributed by atoms with Gasteiger partial charge in [-0.3, -0.25) is 0 Å². The quantitative estimate of drug-likeness (QED) is 0.790. The van der Waals surface area contributed by atoms with Crippen LogP contribution in [0.4, 0.5) is 11.8 Å². The maximum absolute atomic E-state index is 4.88. The lowest BCUT2D eigenvalue weighted by Gasteiger charge is -2.29. The Morgan fingerprint density at radius 2 is 1.79 bits per heavy atom. The summed E-state index contributed by atoms with van der Waals surface area (Å²) in [5.74, 6) is 1.91. The molecule has 24 heavy (non-hydrogen) atoms. The summed E-state index contributed by atoms with van der Waals surface area (Å²) in [6, 6.07) is 12.6. The molecule has 128 valence electrons. The first-order valence-electron chi connectivity index (χ1n) is 9.18. The largest absolute Gasteiger partial charge is 0.356 e. The SMILES string of the molecule is CCCCN(C)c1nc(-c2ccccc2)cc(N2CCCCC2)n1. The van der Waals surface area contributed by atoms with Gasteiger partial charge < -0.3 is 9.80 Å². The average Bonchev–Trinajstić information content (AvgIpc) is 2.67. The predicted octanol–water partition coefficient (Wildman–Crippen LogP) is 4.37. The fourth-order valence-corrected chi connectivity index (χ4v) is 3.13. The van der Waals surface area contributed by atoms with Crippen molar-refractivity contribution in [2.45, 2.75) is 39.0 Å². The van der Waals surface area contributed by atoms with Crippen LogP contribution in [0.5, 0.6) is 0 Å². The number of piperidine rings is 1. The third-order valence-electron chi connectivity index (χ3n) is 4.64.